The molecule has 5 nitrogen and oxygen atoms in total. The molecule has 282 valence electrons. The van der Waals surface area contributed by atoms with Gasteiger partial charge in [-0.2, -0.15) is 0 Å². The van der Waals surface area contributed by atoms with Gasteiger partial charge in [-0.25, -0.2) is 0 Å². The van der Waals surface area contributed by atoms with E-state index in [0.29, 0.717) is 19.3 Å². The summed E-state index contributed by atoms with van der Waals surface area (Å²) in [5.41, 5.74) is 0. The van der Waals surface area contributed by atoms with Crippen molar-refractivity contribution in [2.45, 2.75) is 161 Å². The third-order valence-electron chi connectivity index (χ3n) is 7.86. The lowest BCUT2D eigenvalue weighted by molar-refractivity contribution is -0.161. The van der Waals surface area contributed by atoms with E-state index in [2.05, 4.69) is 111 Å². The van der Waals surface area contributed by atoms with Crippen LogP contribution in [-0.2, 0) is 19.1 Å². The summed E-state index contributed by atoms with van der Waals surface area (Å²) in [5.74, 6) is -0.684. The normalized spacial score (nSPS) is 13.3. The van der Waals surface area contributed by atoms with Gasteiger partial charge in [-0.15, -0.1) is 0 Å². The van der Waals surface area contributed by atoms with Crippen molar-refractivity contribution in [1.82, 2.24) is 0 Å². The Bertz CT molecular complexity index is 1010. The molecule has 0 radical (unpaired) electrons. The number of carbonyl (C=O) groups excluding carboxylic acids is 2. The summed E-state index contributed by atoms with van der Waals surface area (Å²) in [6.45, 7) is 3.91. The summed E-state index contributed by atoms with van der Waals surface area (Å²) in [4.78, 5) is 24.2. The number of aliphatic hydroxyl groups excluding tert-OH is 1. The predicted octanol–water partition coefficient (Wildman–Crippen LogP) is 12.5. The molecular formula is C45H72O5. The van der Waals surface area contributed by atoms with Gasteiger partial charge in [-0.3, -0.25) is 9.59 Å². The minimum atomic E-state index is -0.807. The number of hydrogen-bond acceptors (Lipinski definition) is 5. The van der Waals surface area contributed by atoms with Crippen molar-refractivity contribution < 1.29 is 24.2 Å². The van der Waals surface area contributed by atoms with Gasteiger partial charge < -0.3 is 14.6 Å². The van der Waals surface area contributed by atoms with Crippen molar-refractivity contribution in [3.8, 4) is 0 Å². The van der Waals surface area contributed by atoms with E-state index in [-0.39, 0.29) is 25.2 Å². The molecule has 0 unspecified atom stereocenters. The molecule has 0 fully saturated rings. The number of carbonyl (C=O) groups is 2. The number of ether oxygens (including phenoxy) is 2. The number of esters is 2. The van der Waals surface area contributed by atoms with Crippen LogP contribution in [0.15, 0.2) is 97.2 Å². The third-order valence-corrected chi connectivity index (χ3v) is 7.86. The van der Waals surface area contributed by atoms with Crippen molar-refractivity contribution in [2.24, 2.45) is 0 Å². The Morgan fingerprint density at radius 2 is 0.880 bits per heavy atom. The van der Waals surface area contributed by atoms with Gasteiger partial charge in [-0.1, -0.05) is 150 Å². The Balaban J connectivity index is 3.72. The average Bonchev–Trinajstić information content (AvgIpc) is 3.12. The van der Waals surface area contributed by atoms with Crippen LogP contribution in [0.25, 0.3) is 0 Å². The lowest BCUT2D eigenvalue weighted by Crippen LogP contribution is -2.28. The lowest BCUT2D eigenvalue weighted by atomic mass is 10.1. The number of rotatable bonds is 34. The molecule has 0 aliphatic carbocycles. The average molecular weight is 693 g/mol. The summed E-state index contributed by atoms with van der Waals surface area (Å²) in [6.07, 6.45) is 56.1. The van der Waals surface area contributed by atoms with Crippen LogP contribution in [0.3, 0.4) is 0 Å². The second-order valence-corrected chi connectivity index (χ2v) is 12.6. The molecule has 0 heterocycles. The fourth-order valence-electron chi connectivity index (χ4n) is 4.89. The molecule has 1 N–H and O–H groups in total. The summed E-state index contributed by atoms with van der Waals surface area (Å²) >= 11 is 0. The van der Waals surface area contributed by atoms with Crippen LogP contribution in [0.4, 0.5) is 0 Å². The van der Waals surface area contributed by atoms with Crippen molar-refractivity contribution in [2.75, 3.05) is 13.2 Å². The highest BCUT2D eigenvalue weighted by atomic mass is 16.6. The summed E-state index contributed by atoms with van der Waals surface area (Å²) in [7, 11) is 0. The molecule has 0 amide bonds. The van der Waals surface area contributed by atoms with E-state index in [4.69, 9.17) is 9.47 Å². The Kier molecular flexibility index (Phi) is 37.7. The first-order chi connectivity index (χ1) is 24.6. The fourth-order valence-corrected chi connectivity index (χ4v) is 4.89. The van der Waals surface area contributed by atoms with Crippen molar-refractivity contribution in [1.29, 1.82) is 0 Å². The van der Waals surface area contributed by atoms with E-state index < -0.39 is 6.10 Å². The molecule has 0 saturated heterocycles. The van der Waals surface area contributed by atoms with Gasteiger partial charge in [-0.05, 0) is 89.9 Å². The highest BCUT2D eigenvalue weighted by Crippen LogP contribution is 2.11. The van der Waals surface area contributed by atoms with E-state index in [1.807, 2.05) is 0 Å². The molecule has 0 spiro atoms. The van der Waals surface area contributed by atoms with Gasteiger partial charge >= 0.3 is 11.9 Å². The zero-order valence-electron chi connectivity index (χ0n) is 31.9. The van der Waals surface area contributed by atoms with Gasteiger partial charge in [0.2, 0.25) is 0 Å². The zero-order valence-corrected chi connectivity index (χ0v) is 31.9. The van der Waals surface area contributed by atoms with E-state index in [0.717, 1.165) is 77.0 Å². The second-order valence-electron chi connectivity index (χ2n) is 12.6. The molecular weight excluding hydrogens is 620 g/mol. The molecule has 1 atom stereocenters. The molecule has 0 bridgehead atoms. The third kappa shape index (κ3) is 37.6. The van der Waals surface area contributed by atoms with Crippen LogP contribution in [0.5, 0.6) is 0 Å². The van der Waals surface area contributed by atoms with Gasteiger partial charge in [0.25, 0.3) is 0 Å². The maximum atomic E-state index is 12.2. The van der Waals surface area contributed by atoms with Crippen molar-refractivity contribution in [3.63, 3.8) is 0 Å². The van der Waals surface area contributed by atoms with Crippen LogP contribution in [0, 0.1) is 0 Å². The molecule has 0 aliphatic heterocycles. The minimum absolute atomic E-state index is 0.107. The SMILES string of the molecule is CC/C=C\C/C=C\C/C=C\C/C=C\C/C=C\CCCC(=O)OC[C@H](CO)OC(=O)CCCCCCCC/C=C\C/C=C\C/C=C\CCCCC. The summed E-state index contributed by atoms with van der Waals surface area (Å²) in [6, 6.07) is 0. The highest BCUT2D eigenvalue weighted by Gasteiger charge is 2.16. The maximum absolute atomic E-state index is 12.2. The quantitative estimate of drug-likeness (QED) is 0.0413. The fraction of sp³-hybridized carbons (Fsp3) is 0.600. The molecule has 5 heteroatoms. The number of unbranched alkanes of at least 4 members (excludes halogenated alkanes) is 10. The van der Waals surface area contributed by atoms with Crippen LogP contribution in [0.1, 0.15) is 155 Å². The first-order valence-electron chi connectivity index (χ1n) is 19.8. The van der Waals surface area contributed by atoms with Gasteiger partial charge in [0.1, 0.15) is 6.61 Å². The zero-order chi connectivity index (χ0) is 36.4. The molecule has 0 rings (SSSR count). The topological polar surface area (TPSA) is 72.8 Å². The van der Waals surface area contributed by atoms with Gasteiger partial charge in [0, 0.05) is 12.8 Å². The molecule has 0 aromatic rings. The summed E-state index contributed by atoms with van der Waals surface area (Å²) < 4.78 is 10.6. The molecule has 0 saturated carbocycles. The molecule has 0 aliphatic rings. The van der Waals surface area contributed by atoms with Crippen LogP contribution < -0.4 is 0 Å². The van der Waals surface area contributed by atoms with Gasteiger partial charge in [0.15, 0.2) is 6.10 Å². The predicted molar refractivity (Wildman–Crippen MR) is 214 cm³/mol. The number of aliphatic hydroxyl groups is 1. The smallest absolute Gasteiger partial charge is 0.306 e. The first-order valence-corrected chi connectivity index (χ1v) is 19.8. The van der Waals surface area contributed by atoms with E-state index in [1.165, 1.54) is 44.9 Å². The Hall–Kier alpha value is -3.18. The van der Waals surface area contributed by atoms with E-state index in [9.17, 15) is 14.7 Å². The maximum Gasteiger partial charge on any atom is 0.306 e. The Morgan fingerprint density at radius 1 is 0.480 bits per heavy atom. The Labute approximate surface area is 307 Å². The standard InChI is InChI=1S/C45H72O5/c1-3-5-7-9-11-13-15-17-19-21-22-24-26-28-30-32-34-36-38-40-45(48)50-43(41-46)42-49-44(47)39-37-35-33-31-29-27-25-23-20-18-16-14-12-10-8-6-4-2/h6,8,11-14,17-20,22,24-25,27,31,33,43,46H,3-5,7,9-10,15-16,21,23,26,28-30,32,34-42H2,1-2H3/b8-6-,13-11-,14-12-,19-17-,20-18-,24-22-,27-25-,33-31-/t43-/m0/s1. The van der Waals surface area contributed by atoms with Crippen molar-refractivity contribution >= 4 is 11.9 Å². The highest BCUT2D eigenvalue weighted by molar-refractivity contribution is 5.70. The van der Waals surface area contributed by atoms with Crippen LogP contribution in [-0.4, -0.2) is 36.4 Å². The number of allylic oxidation sites excluding steroid dienone is 16. The van der Waals surface area contributed by atoms with E-state index in [1.54, 1.807) is 0 Å². The monoisotopic (exact) mass is 693 g/mol. The lowest BCUT2D eigenvalue weighted by Gasteiger charge is -2.15. The molecule has 0 aromatic carbocycles. The Morgan fingerprint density at radius 3 is 1.36 bits per heavy atom. The largest absolute Gasteiger partial charge is 0.462 e. The van der Waals surface area contributed by atoms with Gasteiger partial charge in [0.05, 0.1) is 6.61 Å². The minimum Gasteiger partial charge on any atom is -0.462 e. The van der Waals surface area contributed by atoms with Crippen LogP contribution >= 0.6 is 0 Å². The van der Waals surface area contributed by atoms with E-state index >= 15 is 0 Å². The summed E-state index contributed by atoms with van der Waals surface area (Å²) in [5, 5.41) is 9.55. The van der Waals surface area contributed by atoms with Crippen molar-refractivity contribution in [3.05, 3.63) is 97.2 Å². The molecule has 0 aromatic heterocycles. The van der Waals surface area contributed by atoms with Crippen LogP contribution in [0.2, 0.25) is 0 Å². The first kappa shape index (κ1) is 46.8. The number of hydrogen-bond donors (Lipinski definition) is 1. The second kappa shape index (κ2) is 40.3. The molecule has 50 heavy (non-hydrogen) atoms.